The first-order valence-corrected chi connectivity index (χ1v) is 3.79. The number of halogens is 3. The third kappa shape index (κ3) is 1.45. The van der Waals surface area contributed by atoms with Gasteiger partial charge in [0.2, 0.25) is 0 Å². The highest BCUT2D eigenvalue weighted by molar-refractivity contribution is 9.11. The van der Waals surface area contributed by atoms with Crippen LogP contribution in [0, 0.1) is 5.92 Å². The van der Waals surface area contributed by atoms with E-state index in [1.807, 2.05) is 0 Å². The molecule has 0 aromatic carbocycles. The molecule has 2 atom stereocenters. The highest BCUT2D eigenvalue weighted by Gasteiger charge is 2.19. The Labute approximate surface area is 66.7 Å². The summed E-state index contributed by atoms with van der Waals surface area (Å²) in [7, 11) is 0. The van der Waals surface area contributed by atoms with Crippen LogP contribution < -0.4 is 0 Å². The lowest BCUT2D eigenvalue weighted by Crippen LogP contribution is -2.11. The molecule has 10 heavy (non-hydrogen) atoms. The van der Waals surface area contributed by atoms with Crippen LogP contribution in [0.5, 0.6) is 0 Å². The van der Waals surface area contributed by atoms with Gasteiger partial charge in [-0.05, 0) is 28.1 Å². The fraction of sp³-hybridized carbons (Fsp3) is 0.429. The molecular formula is C7H7BrF2. The molecule has 0 N–H and O–H groups in total. The van der Waals surface area contributed by atoms with Crippen molar-refractivity contribution in [3.8, 4) is 0 Å². The Kier molecular flexibility index (Phi) is 2.24. The molecule has 0 nitrogen and oxygen atoms in total. The van der Waals surface area contributed by atoms with Crippen LogP contribution in [0.25, 0.3) is 0 Å². The Hall–Kier alpha value is -0.180. The van der Waals surface area contributed by atoms with E-state index in [4.69, 9.17) is 0 Å². The minimum Gasteiger partial charge on any atom is -0.242 e. The molecule has 0 heterocycles. The zero-order chi connectivity index (χ0) is 7.72. The van der Waals surface area contributed by atoms with Crippen molar-refractivity contribution in [2.75, 3.05) is 0 Å². The molecule has 0 amide bonds. The van der Waals surface area contributed by atoms with E-state index in [2.05, 4.69) is 15.9 Å². The first-order chi connectivity index (χ1) is 4.61. The van der Waals surface area contributed by atoms with E-state index in [-0.39, 0.29) is 16.2 Å². The molecule has 0 saturated carbocycles. The fourth-order valence-electron chi connectivity index (χ4n) is 0.774. The first kappa shape index (κ1) is 7.92. The second-order valence-electron chi connectivity index (χ2n) is 2.33. The topological polar surface area (TPSA) is 0 Å². The molecule has 0 bridgehead atoms. The summed E-state index contributed by atoms with van der Waals surface area (Å²) < 4.78 is 25.5. The summed E-state index contributed by atoms with van der Waals surface area (Å²) in [5, 5.41) is 0. The molecule has 0 aliphatic heterocycles. The van der Waals surface area contributed by atoms with Crippen LogP contribution in [-0.4, -0.2) is 6.17 Å². The van der Waals surface area contributed by atoms with Crippen LogP contribution in [0.15, 0.2) is 22.5 Å². The third-order valence-electron chi connectivity index (χ3n) is 1.45. The van der Waals surface area contributed by atoms with Crippen LogP contribution in [0.4, 0.5) is 8.78 Å². The predicted molar refractivity (Wildman–Crippen MR) is 40.3 cm³/mol. The molecule has 1 rings (SSSR count). The Balaban J connectivity index is 2.83. The van der Waals surface area contributed by atoms with Crippen molar-refractivity contribution in [2.24, 2.45) is 5.92 Å². The van der Waals surface area contributed by atoms with E-state index in [1.54, 1.807) is 6.92 Å². The molecule has 0 spiro atoms. The number of rotatable bonds is 0. The van der Waals surface area contributed by atoms with Crippen LogP contribution in [0.1, 0.15) is 6.92 Å². The molecule has 1 aliphatic rings. The maximum Gasteiger partial charge on any atom is 0.133 e. The first-order valence-electron chi connectivity index (χ1n) is 3.00. The van der Waals surface area contributed by atoms with Crippen LogP contribution >= 0.6 is 15.9 Å². The van der Waals surface area contributed by atoms with Gasteiger partial charge in [-0.15, -0.1) is 0 Å². The lowest BCUT2D eigenvalue weighted by atomic mass is 10.0. The fourth-order valence-corrected chi connectivity index (χ4v) is 1.16. The Bertz CT molecular complexity index is 174. The molecule has 0 saturated heterocycles. The van der Waals surface area contributed by atoms with Gasteiger partial charge in [0.25, 0.3) is 0 Å². The second kappa shape index (κ2) is 2.82. The van der Waals surface area contributed by atoms with Crippen molar-refractivity contribution >= 4 is 15.9 Å². The summed E-state index contributed by atoms with van der Waals surface area (Å²) in [6.45, 7) is 1.64. The quantitative estimate of drug-likeness (QED) is 0.574. The summed E-state index contributed by atoms with van der Waals surface area (Å²) in [5.74, 6) is -0.720. The summed E-state index contributed by atoms with van der Waals surface area (Å²) >= 11 is 2.90. The average Bonchev–Trinajstić information content (AvgIpc) is 1.84. The van der Waals surface area contributed by atoms with Crippen molar-refractivity contribution in [1.29, 1.82) is 0 Å². The summed E-state index contributed by atoms with van der Waals surface area (Å²) in [5.41, 5.74) is 0. The van der Waals surface area contributed by atoms with E-state index in [0.29, 0.717) is 0 Å². The van der Waals surface area contributed by atoms with Gasteiger partial charge >= 0.3 is 0 Å². The lowest BCUT2D eigenvalue weighted by molar-refractivity contribution is 0.328. The van der Waals surface area contributed by atoms with Crippen molar-refractivity contribution in [1.82, 2.24) is 0 Å². The van der Waals surface area contributed by atoms with Gasteiger partial charge in [-0.25, -0.2) is 8.78 Å². The number of hydrogen-bond acceptors (Lipinski definition) is 0. The van der Waals surface area contributed by atoms with Crippen LogP contribution in [-0.2, 0) is 0 Å². The molecule has 0 fully saturated rings. The standard InChI is InChI=1S/C7H7BrF2/c1-4-2-7(10)5(8)3-6(4)9/h2-4,6H,1H3. The predicted octanol–water partition coefficient (Wildman–Crippen LogP) is 3.11. The van der Waals surface area contributed by atoms with E-state index >= 15 is 0 Å². The summed E-state index contributed by atoms with van der Waals surface area (Å²) in [4.78, 5) is 0. The minimum atomic E-state index is -1.06. The average molecular weight is 209 g/mol. The van der Waals surface area contributed by atoms with Crippen molar-refractivity contribution < 1.29 is 8.78 Å². The van der Waals surface area contributed by atoms with E-state index < -0.39 is 6.17 Å². The largest absolute Gasteiger partial charge is 0.242 e. The molecule has 0 aromatic heterocycles. The van der Waals surface area contributed by atoms with Gasteiger partial charge < -0.3 is 0 Å². The summed E-state index contributed by atoms with van der Waals surface area (Å²) in [6.07, 6.45) is 1.45. The van der Waals surface area contributed by atoms with Gasteiger partial charge in [0.1, 0.15) is 12.0 Å². The van der Waals surface area contributed by atoms with Gasteiger partial charge in [0.05, 0.1) is 4.48 Å². The monoisotopic (exact) mass is 208 g/mol. The number of hydrogen-bond donors (Lipinski definition) is 0. The molecule has 3 heteroatoms. The lowest BCUT2D eigenvalue weighted by Gasteiger charge is -2.14. The minimum absolute atomic E-state index is 0.220. The highest BCUT2D eigenvalue weighted by atomic mass is 79.9. The zero-order valence-corrected chi connectivity index (χ0v) is 7.03. The maximum atomic E-state index is 12.7. The van der Waals surface area contributed by atoms with E-state index in [1.165, 1.54) is 12.2 Å². The molecule has 0 radical (unpaired) electrons. The molecule has 2 unspecified atom stereocenters. The molecular weight excluding hydrogens is 202 g/mol. The summed E-state index contributed by atoms with van der Waals surface area (Å²) in [6, 6.07) is 0. The van der Waals surface area contributed by atoms with Gasteiger partial charge in [-0.2, -0.15) is 0 Å². The molecule has 56 valence electrons. The Morgan fingerprint density at radius 3 is 2.60 bits per heavy atom. The maximum absolute atomic E-state index is 12.7. The van der Waals surface area contributed by atoms with Crippen LogP contribution in [0.2, 0.25) is 0 Å². The van der Waals surface area contributed by atoms with E-state index in [9.17, 15) is 8.78 Å². The van der Waals surface area contributed by atoms with Gasteiger partial charge in [0, 0.05) is 5.92 Å². The SMILES string of the molecule is CC1C=C(F)C(Br)=CC1F. The third-order valence-corrected chi connectivity index (χ3v) is 2.09. The number of allylic oxidation sites excluding steroid dienone is 4. The normalized spacial score (nSPS) is 33.2. The molecule has 1 aliphatic carbocycles. The smallest absolute Gasteiger partial charge is 0.133 e. The van der Waals surface area contributed by atoms with Gasteiger partial charge in [0.15, 0.2) is 0 Å². The van der Waals surface area contributed by atoms with Crippen molar-refractivity contribution in [2.45, 2.75) is 13.1 Å². The second-order valence-corrected chi connectivity index (χ2v) is 3.19. The van der Waals surface area contributed by atoms with Gasteiger partial charge in [-0.1, -0.05) is 6.92 Å². The zero-order valence-electron chi connectivity index (χ0n) is 5.44. The highest BCUT2D eigenvalue weighted by Crippen LogP contribution is 2.29. The molecule has 0 aromatic rings. The number of alkyl halides is 1. The van der Waals surface area contributed by atoms with E-state index in [0.717, 1.165) is 0 Å². The Morgan fingerprint density at radius 1 is 1.50 bits per heavy atom. The van der Waals surface area contributed by atoms with Crippen molar-refractivity contribution in [3.63, 3.8) is 0 Å². The van der Waals surface area contributed by atoms with Crippen molar-refractivity contribution in [3.05, 3.63) is 22.5 Å². The van der Waals surface area contributed by atoms with Crippen LogP contribution in [0.3, 0.4) is 0 Å². The van der Waals surface area contributed by atoms with Gasteiger partial charge in [-0.3, -0.25) is 0 Å². The Morgan fingerprint density at radius 2 is 2.10 bits per heavy atom.